The lowest BCUT2D eigenvalue weighted by Crippen LogP contribution is -2.52. The van der Waals surface area contributed by atoms with Crippen molar-refractivity contribution in [1.29, 1.82) is 0 Å². The third-order valence-electron chi connectivity index (χ3n) is 3.93. The van der Waals surface area contributed by atoms with Crippen molar-refractivity contribution in [3.63, 3.8) is 0 Å². The van der Waals surface area contributed by atoms with E-state index in [-0.39, 0.29) is 5.56 Å². The Hall–Kier alpha value is -2.09. The number of alkyl halides is 7. The molecule has 0 bridgehead atoms. The van der Waals surface area contributed by atoms with Gasteiger partial charge in [-0.05, 0) is 16.7 Å². The summed E-state index contributed by atoms with van der Waals surface area (Å²) in [4.78, 5) is 0. The van der Waals surface area contributed by atoms with Crippen LogP contribution in [0.5, 0.6) is 0 Å². The number of rotatable bonds is 6. The van der Waals surface area contributed by atoms with E-state index >= 15 is 0 Å². The van der Waals surface area contributed by atoms with Gasteiger partial charge in [0.2, 0.25) is 0 Å². The van der Waals surface area contributed by atoms with Crippen LogP contribution >= 0.6 is 0 Å². The van der Waals surface area contributed by atoms with E-state index in [2.05, 4.69) is 0 Å². The molecule has 0 fully saturated rings. The average Bonchev–Trinajstić information content (AvgIpc) is 2.59. The number of hydrogen-bond acceptors (Lipinski definition) is 1. The van der Waals surface area contributed by atoms with Gasteiger partial charge in [-0.15, -0.1) is 0 Å². The molecular weight excluding hydrogens is 365 g/mol. The SMILES string of the molecule is COC(CC(F)(F)C(F)(F)C(F)(F)F)c1ccccc1-c1ccccc1. The van der Waals surface area contributed by atoms with Crippen LogP contribution in [0.15, 0.2) is 54.6 Å². The second-order valence-corrected chi connectivity index (χ2v) is 5.66. The number of benzene rings is 2. The van der Waals surface area contributed by atoms with Crippen LogP contribution in [-0.2, 0) is 4.74 Å². The molecule has 0 aliphatic rings. The van der Waals surface area contributed by atoms with Gasteiger partial charge in [0.15, 0.2) is 0 Å². The molecule has 0 N–H and O–H groups in total. The largest absolute Gasteiger partial charge is 0.459 e. The van der Waals surface area contributed by atoms with Crippen molar-refractivity contribution in [3.8, 4) is 11.1 Å². The van der Waals surface area contributed by atoms with Gasteiger partial charge in [-0.3, -0.25) is 0 Å². The predicted octanol–water partition coefficient (Wildman–Crippen LogP) is 6.26. The van der Waals surface area contributed by atoms with E-state index in [4.69, 9.17) is 4.74 Å². The van der Waals surface area contributed by atoms with Gasteiger partial charge >= 0.3 is 18.0 Å². The molecule has 0 saturated heterocycles. The number of hydrogen-bond donors (Lipinski definition) is 0. The highest BCUT2D eigenvalue weighted by Crippen LogP contribution is 2.50. The number of halogens is 7. The molecule has 2 rings (SSSR count). The van der Waals surface area contributed by atoms with Crippen LogP contribution in [0, 0.1) is 0 Å². The fourth-order valence-corrected chi connectivity index (χ4v) is 2.55. The lowest BCUT2D eigenvalue weighted by molar-refractivity contribution is -0.358. The monoisotopic (exact) mass is 380 g/mol. The molecule has 0 aliphatic heterocycles. The van der Waals surface area contributed by atoms with Crippen molar-refractivity contribution in [1.82, 2.24) is 0 Å². The summed E-state index contributed by atoms with van der Waals surface area (Å²) in [5, 5.41) is 0. The third-order valence-corrected chi connectivity index (χ3v) is 3.93. The first kappa shape index (κ1) is 20.2. The van der Waals surface area contributed by atoms with Crippen molar-refractivity contribution in [2.45, 2.75) is 30.5 Å². The van der Waals surface area contributed by atoms with Crippen LogP contribution < -0.4 is 0 Å². The molecule has 1 nitrogen and oxygen atoms in total. The zero-order valence-electron chi connectivity index (χ0n) is 13.5. The van der Waals surface area contributed by atoms with E-state index in [0.717, 1.165) is 7.11 Å². The quantitative estimate of drug-likeness (QED) is 0.537. The Bertz CT molecular complexity index is 726. The standard InChI is InChI=1S/C18H15F7O/c1-26-15(11-16(19,20)17(21,22)18(23,24)25)14-10-6-5-9-13(14)12-7-3-2-4-8-12/h2-10,15H,11H2,1H3. The van der Waals surface area contributed by atoms with E-state index in [9.17, 15) is 30.7 Å². The van der Waals surface area contributed by atoms with Crippen molar-refractivity contribution < 1.29 is 35.5 Å². The van der Waals surface area contributed by atoms with Gasteiger partial charge < -0.3 is 4.74 Å². The summed E-state index contributed by atoms with van der Waals surface area (Å²) >= 11 is 0. The summed E-state index contributed by atoms with van der Waals surface area (Å²) in [6.07, 6.45) is -9.84. The molecule has 2 aromatic rings. The van der Waals surface area contributed by atoms with E-state index in [1.807, 2.05) is 0 Å². The average molecular weight is 380 g/mol. The Balaban J connectivity index is 2.42. The van der Waals surface area contributed by atoms with Gasteiger partial charge in [-0.1, -0.05) is 54.6 Å². The molecule has 2 aromatic carbocycles. The first-order valence-corrected chi connectivity index (χ1v) is 7.51. The maximum Gasteiger partial charge on any atom is 0.459 e. The first-order valence-electron chi connectivity index (χ1n) is 7.51. The van der Waals surface area contributed by atoms with Crippen LogP contribution in [0.3, 0.4) is 0 Å². The van der Waals surface area contributed by atoms with E-state index in [1.165, 1.54) is 12.1 Å². The van der Waals surface area contributed by atoms with Crippen molar-refractivity contribution >= 4 is 0 Å². The molecule has 0 spiro atoms. The molecule has 26 heavy (non-hydrogen) atoms. The lowest BCUT2D eigenvalue weighted by atomic mass is 9.92. The second kappa shape index (κ2) is 7.26. The molecule has 0 amide bonds. The normalized spacial score (nSPS) is 14.3. The summed E-state index contributed by atoms with van der Waals surface area (Å²) < 4.78 is 96.0. The van der Waals surface area contributed by atoms with Crippen molar-refractivity contribution in [3.05, 3.63) is 60.2 Å². The molecule has 142 valence electrons. The van der Waals surface area contributed by atoms with Crippen LogP contribution in [0.25, 0.3) is 11.1 Å². The summed E-state index contributed by atoms with van der Waals surface area (Å²) in [7, 11) is 0.980. The summed E-state index contributed by atoms with van der Waals surface area (Å²) in [6, 6.07) is 14.4. The van der Waals surface area contributed by atoms with E-state index < -0.39 is 30.5 Å². The molecule has 1 unspecified atom stereocenters. The minimum atomic E-state index is -6.37. The third kappa shape index (κ3) is 3.85. The van der Waals surface area contributed by atoms with E-state index in [0.29, 0.717) is 11.1 Å². The highest BCUT2D eigenvalue weighted by atomic mass is 19.4. The predicted molar refractivity (Wildman–Crippen MR) is 82.2 cm³/mol. The van der Waals surface area contributed by atoms with E-state index in [1.54, 1.807) is 42.5 Å². The highest BCUT2D eigenvalue weighted by Gasteiger charge is 2.73. The molecule has 0 heterocycles. The number of ether oxygens (including phenoxy) is 1. The number of methoxy groups -OCH3 is 1. The topological polar surface area (TPSA) is 9.23 Å². The fraction of sp³-hybridized carbons (Fsp3) is 0.333. The Labute approximate surface area is 145 Å². The zero-order valence-corrected chi connectivity index (χ0v) is 13.5. The Morgan fingerprint density at radius 1 is 0.808 bits per heavy atom. The highest BCUT2D eigenvalue weighted by molar-refractivity contribution is 5.67. The zero-order chi connectivity index (χ0) is 19.6. The maximum absolute atomic E-state index is 13.8. The van der Waals surface area contributed by atoms with Gasteiger partial charge in [0.25, 0.3) is 0 Å². The van der Waals surface area contributed by atoms with Gasteiger partial charge in [-0.2, -0.15) is 30.7 Å². The maximum atomic E-state index is 13.8. The summed E-state index contributed by atoms with van der Waals surface area (Å²) in [5.74, 6) is -11.5. The molecule has 1 atom stereocenters. The second-order valence-electron chi connectivity index (χ2n) is 5.66. The molecule has 0 saturated carbocycles. The minimum Gasteiger partial charge on any atom is -0.377 e. The lowest BCUT2D eigenvalue weighted by Gasteiger charge is -2.31. The van der Waals surface area contributed by atoms with Crippen LogP contribution in [0.1, 0.15) is 18.1 Å². The summed E-state index contributed by atoms with van der Waals surface area (Å²) in [5.41, 5.74) is 1.10. The minimum absolute atomic E-state index is 0.0962. The van der Waals surface area contributed by atoms with Crippen LogP contribution in [0.4, 0.5) is 30.7 Å². The smallest absolute Gasteiger partial charge is 0.377 e. The molecule has 0 aromatic heterocycles. The Kier molecular flexibility index (Phi) is 5.65. The van der Waals surface area contributed by atoms with Crippen molar-refractivity contribution in [2.24, 2.45) is 0 Å². The van der Waals surface area contributed by atoms with Crippen LogP contribution in [-0.4, -0.2) is 25.1 Å². The van der Waals surface area contributed by atoms with Gasteiger partial charge in [0, 0.05) is 13.5 Å². The molecular formula is C18H15F7O. The fourth-order valence-electron chi connectivity index (χ4n) is 2.55. The Morgan fingerprint density at radius 3 is 1.88 bits per heavy atom. The van der Waals surface area contributed by atoms with Crippen molar-refractivity contribution in [2.75, 3.05) is 7.11 Å². The Morgan fingerprint density at radius 2 is 1.35 bits per heavy atom. The molecule has 0 aliphatic carbocycles. The summed E-state index contributed by atoms with van der Waals surface area (Å²) in [6.45, 7) is 0. The van der Waals surface area contributed by atoms with Gasteiger partial charge in [0.1, 0.15) is 0 Å². The van der Waals surface area contributed by atoms with Crippen LogP contribution in [0.2, 0.25) is 0 Å². The first-order chi connectivity index (χ1) is 12.0. The molecule has 8 heteroatoms. The molecule has 0 radical (unpaired) electrons. The van der Waals surface area contributed by atoms with Gasteiger partial charge in [-0.25, -0.2) is 0 Å². The van der Waals surface area contributed by atoms with Gasteiger partial charge in [0.05, 0.1) is 6.10 Å².